The van der Waals surface area contributed by atoms with Crippen LogP contribution in [-0.2, 0) is 20.1 Å². The summed E-state index contributed by atoms with van der Waals surface area (Å²) < 4.78 is 3.64. The summed E-state index contributed by atoms with van der Waals surface area (Å²) in [6.45, 7) is 4.95. The van der Waals surface area contributed by atoms with Crippen LogP contribution < -0.4 is 5.32 Å². The maximum Gasteiger partial charge on any atom is 0.317 e. The molecule has 2 amide bonds. The minimum absolute atomic E-state index is 0.125. The molecule has 0 saturated heterocycles. The van der Waals surface area contributed by atoms with Gasteiger partial charge in [-0.3, -0.25) is 4.68 Å². The van der Waals surface area contributed by atoms with Crippen LogP contribution in [0.15, 0.2) is 42.7 Å². The van der Waals surface area contributed by atoms with Crippen LogP contribution in [0.3, 0.4) is 0 Å². The highest BCUT2D eigenvalue weighted by Gasteiger charge is 2.15. The third-order valence-electron chi connectivity index (χ3n) is 4.38. The average molecular weight is 352 g/mol. The summed E-state index contributed by atoms with van der Waals surface area (Å²) in [7, 11) is 3.63. The zero-order valence-electron chi connectivity index (χ0n) is 15.6. The third kappa shape index (κ3) is 3.77. The molecule has 7 heteroatoms. The molecule has 7 nitrogen and oxygen atoms in total. The van der Waals surface area contributed by atoms with Gasteiger partial charge in [0.1, 0.15) is 0 Å². The predicted molar refractivity (Wildman–Crippen MR) is 99.9 cm³/mol. The molecule has 0 bridgehead atoms. The Morgan fingerprint density at radius 3 is 2.62 bits per heavy atom. The van der Waals surface area contributed by atoms with Crippen LogP contribution >= 0.6 is 0 Å². The summed E-state index contributed by atoms with van der Waals surface area (Å²) in [6.07, 6.45) is 3.67. The molecule has 136 valence electrons. The molecular formula is C19H24N6O. The van der Waals surface area contributed by atoms with Crippen molar-refractivity contribution in [2.45, 2.75) is 26.9 Å². The summed E-state index contributed by atoms with van der Waals surface area (Å²) in [4.78, 5) is 14.0. The van der Waals surface area contributed by atoms with E-state index in [-0.39, 0.29) is 6.03 Å². The van der Waals surface area contributed by atoms with Crippen molar-refractivity contribution < 1.29 is 4.79 Å². The highest BCUT2D eigenvalue weighted by atomic mass is 16.2. The second-order valence-electron chi connectivity index (χ2n) is 6.43. The molecule has 0 atom stereocenters. The summed E-state index contributed by atoms with van der Waals surface area (Å²) in [5.74, 6) is 0. The molecule has 0 unspecified atom stereocenters. The van der Waals surface area contributed by atoms with E-state index in [2.05, 4.69) is 15.5 Å². The van der Waals surface area contributed by atoms with Gasteiger partial charge < -0.3 is 10.2 Å². The van der Waals surface area contributed by atoms with Crippen molar-refractivity contribution in [2.24, 2.45) is 7.05 Å². The standard InChI is InChI=1S/C19H24N6O/c1-14-18(15(2)25(22-14)17-8-6-5-7-9-17)11-20-19(26)23(3)12-16-10-21-24(4)13-16/h5-10,13H,11-12H2,1-4H3,(H,20,26). The Balaban J connectivity index is 1.66. The number of amides is 2. The lowest BCUT2D eigenvalue weighted by Crippen LogP contribution is -2.36. The first-order valence-electron chi connectivity index (χ1n) is 8.52. The Kier molecular flexibility index (Phi) is 5.06. The number of aromatic nitrogens is 4. The minimum Gasteiger partial charge on any atom is -0.334 e. The van der Waals surface area contributed by atoms with Gasteiger partial charge in [-0.05, 0) is 26.0 Å². The number of nitrogens with one attached hydrogen (secondary N) is 1. The summed E-state index contributed by atoms with van der Waals surface area (Å²) in [5.41, 5.74) is 5.00. The predicted octanol–water partition coefficient (Wildman–Crippen LogP) is 2.56. The van der Waals surface area contributed by atoms with E-state index in [9.17, 15) is 4.79 Å². The van der Waals surface area contributed by atoms with E-state index in [1.165, 1.54) is 0 Å². The molecule has 1 aromatic carbocycles. The van der Waals surface area contributed by atoms with Crippen molar-refractivity contribution in [1.82, 2.24) is 29.8 Å². The summed E-state index contributed by atoms with van der Waals surface area (Å²) in [5, 5.41) is 11.7. The zero-order valence-corrected chi connectivity index (χ0v) is 15.6. The number of benzene rings is 1. The number of aryl methyl sites for hydroxylation is 2. The highest BCUT2D eigenvalue weighted by Crippen LogP contribution is 2.17. The van der Waals surface area contributed by atoms with Gasteiger partial charge in [0.25, 0.3) is 0 Å². The number of nitrogens with zero attached hydrogens (tertiary/aromatic N) is 5. The molecule has 0 aliphatic heterocycles. The van der Waals surface area contributed by atoms with Gasteiger partial charge in [0.15, 0.2) is 0 Å². The molecule has 0 aliphatic carbocycles. The van der Waals surface area contributed by atoms with Crippen molar-refractivity contribution in [2.75, 3.05) is 7.05 Å². The van der Waals surface area contributed by atoms with Crippen molar-refractivity contribution in [3.63, 3.8) is 0 Å². The van der Waals surface area contributed by atoms with E-state index in [0.717, 1.165) is 28.2 Å². The molecule has 3 aromatic rings. The van der Waals surface area contributed by atoms with Crippen LogP contribution in [0.1, 0.15) is 22.5 Å². The fourth-order valence-electron chi connectivity index (χ4n) is 2.95. The van der Waals surface area contributed by atoms with Crippen molar-refractivity contribution in [1.29, 1.82) is 0 Å². The molecule has 3 rings (SSSR count). The molecule has 26 heavy (non-hydrogen) atoms. The number of para-hydroxylation sites is 1. The van der Waals surface area contributed by atoms with E-state index >= 15 is 0 Å². The van der Waals surface area contributed by atoms with E-state index in [4.69, 9.17) is 0 Å². The minimum atomic E-state index is -0.125. The normalized spacial score (nSPS) is 10.8. The number of carbonyl (C=O) groups excluding carboxylic acids is 1. The second-order valence-corrected chi connectivity index (χ2v) is 6.43. The van der Waals surface area contributed by atoms with Crippen LogP contribution in [0, 0.1) is 13.8 Å². The van der Waals surface area contributed by atoms with E-state index in [1.54, 1.807) is 22.8 Å². The maximum atomic E-state index is 12.4. The topological polar surface area (TPSA) is 68.0 Å². The van der Waals surface area contributed by atoms with Crippen molar-refractivity contribution in [3.8, 4) is 5.69 Å². The van der Waals surface area contributed by atoms with Gasteiger partial charge in [0.2, 0.25) is 0 Å². The van der Waals surface area contributed by atoms with Crippen LogP contribution in [0.2, 0.25) is 0 Å². The smallest absolute Gasteiger partial charge is 0.317 e. The van der Waals surface area contributed by atoms with Gasteiger partial charge in [0.05, 0.1) is 24.1 Å². The van der Waals surface area contributed by atoms with Gasteiger partial charge in [-0.15, -0.1) is 0 Å². The Labute approximate surface area is 153 Å². The van der Waals surface area contributed by atoms with Crippen molar-refractivity contribution >= 4 is 6.03 Å². The van der Waals surface area contributed by atoms with Gasteiger partial charge in [-0.1, -0.05) is 18.2 Å². The third-order valence-corrected chi connectivity index (χ3v) is 4.38. The van der Waals surface area contributed by atoms with Gasteiger partial charge in [0, 0.05) is 43.7 Å². The zero-order chi connectivity index (χ0) is 18.7. The molecule has 0 fully saturated rings. The first-order valence-corrected chi connectivity index (χ1v) is 8.52. The molecule has 0 aliphatic rings. The number of urea groups is 1. The molecule has 1 N–H and O–H groups in total. The first kappa shape index (κ1) is 17.7. The summed E-state index contributed by atoms with van der Waals surface area (Å²) in [6, 6.07) is 9.86. The molecule has 0 saturated carbocycles. The quantitative estimate of drug-likeness (QED) is 0.767. The van der Waals surface area contributed by atoms with Crippen LogP contribution in [0.5, 0.6) is 0 Å². The van der Waals surface area contributed by atoms with Crippen LogP contribution in [-0.4, -0.2) is 37.5 Å². The lowest BCUT2D eigenvalue weighted by molar-refractivity contribution is 0.206. The van der Waals surface area contributed by atoms with Gasteiger partial charge >= 0.3 is 6.03 Å². The summed E-state index contributed by atoms with van der Waals surface area (Å²) >= 11 is 0. The van der Waals surface area contributed by atoms with E-state index in [1.807, 2.05) is 62.1 Å². The number of hydrogen-bond acceptors (Lipinski definition) is 3. The second kappa shape index (κ2) is 7.43. The Hall–Kier alpha value is -3.09. The molecular weight excluding hydrogens is 328 g/mol. The van der Waals surface area contributed by atoms with Crippen LogP contribution in [0.4, 0.5) is 4.79 Å². The van der Waals surface area contributed by atoms with Gasteiger partial charge in [-0.2, -0.15) is 10.2 Å². The number of carbonyl (C=O) groups is 1. The molecule has 0 spiro atoms. The SMILES string of the molecule is Cc1nn(-c2ccccc2)c(C)c1CNC(=O)N(C)Cc1cnn(C)c1. The maximum absolute atomic E-state index is 12.4. The lowest BCUT2D eigenvalue weighted by Gasteiger charge is -2.17. The van der Waals surface area contributed by atoms with E-state index in [0.29, 0.717) is 13.1 Å². The molecule has 2 aromatic heterocycles. The van der Waals surface area contributed by atoms with Gasteiger partial charge in [-0.25, -0.2) is 9.48 Å². The average Bonchev–Trinajstić information content (AvgIpc) is 3.16. The first-order chi connectivity index (χ1) is 12.5. The Bertz CT molecular complexity index is 896. The number of rotatable bonds is 5. The Morgan fingerprint density at radius 2 is 1.96 bits per heavy atom. The van der Waals surface area contributed by atoms with Crippen molar-refractivity contribution in [3.05, 3.63) is 65.2 Å². The van der Waals surface area contributed by atoms with E-state index < -0.39 is 0 Å². The largest absolute Gasteiger partial charge is 0.334 e. The number of hydrogen-bond donors (Lipinski definition) is 1. The molecule has 0 radical (unpaired) electrons. The fraction of sp³-hybridized carbons (Fsp3) is 0.316. The Morgan fingerprint density at radius 1 is 1.23 bits per heavy atom. The monoisotopic (exact) mass is 352 g/mol. The highest BCUT2D eigenvalue weighted by molar-refractivity contribution is 5.73. The lowest BCUT2D eigenvalue weighted by atomic mass is 10.2. The molecule has 2 heterocycles. The fourth-order valence-corrected chi connectivity index (χ4v) is 2.95. The van der Waals surface area contributed by atoms with Crippen LogP contribution in [0.25, 0.3) is 5.69 Å².